The first-order valence-corrected chi connectivity index (χ1v) is 4.98. The molecule has 0 saturated heterocycles. The predicted molar refractivity (Wildman–Crippen MR) is 55.9 cm³/mol. The van der Waals surface area contributed by atoms with Crippen LogP contribution in [0.15, 0.2) is 36.4 Å². The molecule has 0 nitrogen and oxygen atoms in total. The molecule has 4 heteroatoms. The molecule has 0 bridgehead atoms. The fourth-order valence-electron chi connectivity index (χ4n) is 1.31. The van der Waals surface area contributed by atoms with Crippen LogP contribution in [0.2, 0.25) is 6.55 Å². The van der Waals surface area contributed by atoms with Crippen LogP contribution in [0.3, 0.4) is 0 Å². The minimum absolute atomic E-state index is 0. The van der Waals surface area contributed by atoms with Crippen LogP contribution in [0.25, 0.3) is 10.8 Å². The van der Waals surface area contributed by atoms with Crippen molar-refractivity contribution in [3.05, 3.63) is 42.0 Å². The molecule has 0 aliphatic carbocycles. The number of hydrogen-bond acceptors (Lipinski definition) is 0. The van der Waals surface area contributed by atoms with Gasteiger partial charge < -0.3 is 24.8 Å². The Morgan fingerprint density at radius 2 is 1.60 bits per heavy atom. The van der Waals surface area contributed by atoms with Crippen molar-refractivity contribution in [3.63, 3.8) is 0 Å². The van der Waals surface area contributed by atoms with E-state index in [1.54, 1.807) is 6.55 Å². The molecule has 2 aromatic carbocycles. The normalized spacial score (nSPS) is 7.40. The monoisotopic (exact) mass is 332 g/mol. The van der Waals surface area contributed by atoms with E-state index in [2.05, 4.69) is 53.6 Å². The summed E-state index contributed by atoms with van der Waals surface area (Å²) < 4.78 is 0. The number of hydrogen-bond donors (Lipinski definition) is 0. The standard InChI is InChI=1S/C10H9.CH3Si.2ClH.Zr/c1-8-6-9-4-2-3-5-10(9)7-8;1-2;;;/h2-7H,1H3;1H3;2*1H;/q-1;;;;+3/p-2. The molecule has 0 unspecified atom stereocenters. The number of rotatable bonds is 0. The molecule has 0 amide bonds. The second-order valence-electron chi connectivity index (χ2n) is 2.66. The predicted octanol–water partition coefficient (Wildman–Crippen LogP) is -2.92. The van der Waals surface area contributed by atoms with Crippen molar-refractivity contribution in [1.29, 1.82) is 0 Å². The van der Waals surface area contributed by atoms with E-state index in [4.69, 9.17) is 0 Å². The first-order chi connectivity index (χ1) is 5.86. The second-order valence-corrected chi connectivity index (χ2v) is 2.66. The molecule has 0 fully saturated rings. The van der Waals surface area contributed by atoms with Gasteiger partial charge in [-0.25, -0.2) is 0 Å². The molecule has 0 aromatic heterocycles. The van der Waals surface area contributed by atoms with Crippen LogP contribution >= 0.6 is 0 Å². The molecule has 4 radical (unpaired) electrons. The van der Waals surface area contributed by atoms with Crippen molar-refractivity contribution >= 4 is 21.0 Å². The van der Waals surface area contributed by atoms with Crippen LogP contribution in [0.1, 0.15) is 5.56 Å². The molecule has 2 rings (SSSR count). The first kappa shape index (κ1) is 20.9. The van der Waals surface area contributed by atoms with Gasteiger partial charge in [-0.15, -0.1) is 40.6 Å². The summed E-state index contributed by atoms with van der Waals surface area (Å²) in [7, 11) is 2.97. The van der Waals surface area contributed by atoms with E-state index in [0.29, 0.717) is 0 Å². The zero-order chi connectivity index (χ0) is 8.97. The fraction of sp³-hybridized carbons (Fsp3) is 0.182. The van der Waals surface area contributed by atoms with Gasteiger partial charge in [-0.05, 0) is 0 Å². The van der Waals surface area contributed by atoms with E-state index in [1.807, 2.05) is 0 Å². The third-order valence-electron chi connectivity index (χ3n) is 1.76. The Bertz CT molecular complexity index is 327. The quantitative estimate of drug-likeness (QED) is 0.358. The van der Waals surface area contributed by atoms with E-state index in [-0.39, 0.29) is 51.0 Å². The molecule has 15 heavy (non-hydrogen) atoms. The Labute approximate surface area is 127 Å². The van der Waals surface area contributed by atoms with Crippen molar-refractivity contribution in [2.75, 3.05) is 0 Å². The Kier molecular flexibility index (Phi) is 15.3. The summed E-state index contributed by atoms with van der Waals surface area (Å²) in [6.07, 6.45) is 0. The molecule has 0 N–H and O–H groups in total. The Hall–Kier alpha value is 0.510. The maximum atomic E-state index is 2.97. The Morgan fingerprint density at radius 3 is 2.13 bits per heavy atom. The summed E-state index contributed by atoms with van der Waals surface area (Å²) >= 11 is 0. The average molecular weight is 334 g/mol. The molecule has 0 heterocycles. The zero-order valence-electron chi connectivity index (χ0n) is 8.72. The number of fused-ring (bicyclic) bond motifs is 1. The summed E-state index contributed by atoms with van der Waals surface area (Å²) in [6.45, 7) is 3.93. The summed E-state index contributed by atoms with van der Waals surface area (Å²) in [5.41, 5.74) is 1.35. The van der Waals surface area contributed by atoms with Crippen LogP contribution in [0, 0.1) is 6.92 Å². The van der Waals surface area contributed by atoms with Crippen molar-refractivity contribution in [1.82, 2.24) is 0 Å². The molecule has 2 aromatic rings. The molecule has 0 spiro atoms. The van der Waals surface area contributed by atoms with Gasteiger partial charge in [0, 0.05) is 10.2 Å². The number of benzene rings is 1. The fourth-order valence-corrected chi connectivity index (χ4v) is 1.31. The molecule has 0 aliphatic heterocycles. The topological polar surface area (TPSA) is 0 Å². The van der Waals surface area contributed by atoms with Gasteiger partial charge in [0.05, 0.1) is 0 Å². The minimum Gasteiger partial charge on any atom is -1.00 e. The summed E-state index contributed by atoms with van der Waals surface area (Å²) in [6, 6.07) is 12.8. The van der Waals surface area contributed by atoms with Crippen LogP contribution < -0.4 is 24.8 Å². The molecule has 78 valence electrons. The smallest absolute Gasteiger partial charge is 1.00 e. The summed E-state index contributed by atoms with van der Waals surface area (Å²) in [5, 5.41) is 2.69. The molecular weight excluding hydrogens is 322 g/mol. The van der Waals surface area contributed by atoms with Crippen molar-refractivity contribution in [3.8, 4) is 0 Å². The van der Waals surface area contributed by atoms with Gasteiger partial charge in [0.25, 0.3) is 0 Å². The van der Waals surface area contributed by atoms with Gasteiger partial charge in [-0.2, -0.15) is 6.07 Å². The van der Waals surface area contributed by atoms with Crippen molar-refractivity contribution in [2.45, 2.75) is 13.5 Å². The van der Waals surface area contributed by atoms with Gasteiger partial charge in [0.1, 0.15) is 0 Å². The summed E-state index contributed by atoms with van der Waals surface area (Å²) in [4.78, 5) is 0. The van der Waals surface area contributed by atoms with Crippen LogP contribution in [0.5, 0.6) is 0 Å². The van der Waals surface area contributed by atoms with Gasteiger partial charge in [0.15, 0.2) is 0 Å². The van der Waals surface area contributed by atoms with E-state index >= 15 is 0 Å². The maximum absolute atomic E-state index is 2.97. The second kappa shape index (κ2) is 11.0. The van der Waals surface area contributed by atoms with Crippen molar-refractivity contribution in [2.24, 2.45) is 0 Å². The third kappa shape index (κ3) is 5.97. The Morgan fingerprint density at radius 1 is 1.07 bits per heavy atom. The largest absolute Gasteiger partial charge is 3.00 e. The molecule has 0 aliphatic rings. The first-order valence-electron chi connectivity index (χ1n) is 3.98. The van der Waals surface area contributed by atoms with E-state index in [1.165, 1.54) is 16.3 Å². The van der Waals surface area contributed by atoms with Gasteiger partial charge >= 0.3 is 26.2 Å². The average Bonchev–Trinajstić information content (AvgIpc) is 2.48. The van der Waals surface area contributed by atoms with Gasteiger partial charge in [0.2, 0.25) is 0 Å². The zero-order valence-corrected chi connectivity index (χ0v) is 13.7. The number of aryl methyl sites for hydroxylation is 1. The third-order valence-corrected chi connectivity index (χ3v) is 1.76. The minimum atomic E-state index is 0. The van der Waals surface area contributed by atoms with E-state index in [9.17, 15) is 0 Å². The SMILES string of the molecule is C[Si].Cc1cc2ccccc2[cH-]1.[Cl-].[Cl-].[Zr+3]. The molecular formula is C11H12Cl2SiZr. The number of halogens is 2. The van der Waals surface area contributed by atoms with Gasteiger partial charge in [-0.1, -0.05) is 19.5 Å². The summed E-state index contributed by atoms with van der Waals surface area (Å²) in [5.74, 6) is 0. The maximum Gasteiger partial charge on any atom is 3.00 e. The van der Waals surface area contributed by atoms with E-state index in [0.717, 1.165) is 0 Å². The van der Waals surface area contributed by atoms with Crippen LogP contribution in [0.4, 0.5) is 0 Å². The Balaban J connectivity index is -0.000000273. The van der Waals surface area contributed by atoms with E-state index < -0.39 is 0 Å². The van der Waals surface area contributed by atoms with Crippen molar-refractivity contribution < 1.29 is 51.0 Å². The van der Waals surface area contributed by atoms with Gasteiger partial charge in [-0.3, -0.25) is 0 Å². The molecule has 0 atom stereocenters. The van der Waals surface area contributed by atoms with Crippen LogP contribution in [-0.2, 0) is 26.2 Å². The molecule has 0 saturated carbocycles. The van der Waals surface area contributed by atoms with Crippen LogP contribution in [-0.4, -0.2) is 10.2 Å².